The molecule has 4 rings (SSSR count). The molecule has 11 heteroatoms. The molecule has 1 saturated heterocycles. The van der Waals surface area contributed by atoms with Gasteiger partial charge in [0, 0.05) is 19.3 Å². The van der Waals surface area contributed by atoms with Crippen molar-refractivity contribution in [1.29, 1.82) is 0 Å². The van der Waals surface area contributed by atoms with Crippen LogP contribution in [0.25, 0.3) is 10.6 Å². The number of rotatable bonds is 7. The third-order valence-corrected chi connectivity index (χ3v) is 8.71. The molecule has 0 radical (unpaired) electrons. The van der Waals surface area contributed by atoms with Crippen molar-refractivity contribution in [3.8, 4) is 10.6 Å². The number of aromatic nitrogens is 2. The maximum absolute atomic E-state index is 13.0. The number of anilines is 1. The second-order valence-corrected chi connectivity index (χ2v) is 11.3. The van der Waals surface area contributed by atoms with Gasteiger partial charge >= 0.3 is 6.03 Å². The minimum Gasteiger partial charge on any atom is -0.352 e. The summed E-state index contributed by atoms with van der Waals surface area (Å²) in [5.74, 6) is 0.0282. The van der Waals surface area contributed by atoms with E-state index in [1.54, 1.807) is 69.4 Å². The number of thiophene rings is 1. The number of aryl methyl sites for hydroxylation is 1. The van der Waals surface area contributed by atoms with Gasteiger partial charge in [-0.15, -0.1) is 11.3 Å². The molecule has 2 aromatic heterocycles. The quantitative estimate of drug-likeness (QED) is 0.493. The highest BCUT2D eigenvalue weighted by Crippen LogP contribution is 2.34. The zero-order valence-electron chi connectivity index (χ0n) is 18.3. The van der Waals surface area contributed by atoms with Crippen LogP contribution in [0.3, 0.4) is 0 Å². The third-order valence-electron chi connectivity index (χ3n) is 5.20. The molecule has 0 aliphatic carbocycles. The number of benzene rings is 1. The van der Waals surface area contributed by atoms with Crippen LogP contribution < -0.4 is 10.6 Å². The molecule has 33 heavy (non-hydrogen) atoms. The van der Waals surface area contributed by atoms with Gasteiger partial charge in [0.2, 0.25) is 15.8 Å². The summed E-state index contributed by atoms with van der Waals surface area (Å²) < 4.78 is 26.3. The molecule has 3 aromatic rings. The predicted octanol–water partition coefficient (Wildman–Crippen LogP) is 3.09. The Morgan fingerprint density at radius 3 is 2.58 bits per heavy atom. The topological polar surface area (TPSA) is 121 Å². The van der Waals surface area contributed by atoms with E-state index in [2.05, 4.69) is 20.6 Å². The van der Waals surface area contributed by atoms with E-state index in [1.807, 2.05) is 0 Å². The lowest BCUT2D eigenvalue weighted by molar-refractivity contribution is -0.130. The summed E-state index contributed by atoms with van der Waals surface area (Å²) in [6, 6.07) is 11.4. The first kappa shape index (κ1) is 22.9. The molecule has 0 bridgehead atoms. The number of nitrogens with zero attached hydrogens (tertiary/aromatic N) is 3. The van der Waals surface area contributed by atoms with E-state index in [0.29, 0.717) is 22.1 Å². The number of nitrogens with one attached hydrogen (secondary N) is 2. The van der Waals surface area contributed by atoms with Gasteiger partial charge in [-0.3, -0.25) is 9.69 Å². The van der Waals surface area contributed by atoms with E-state index in [9.17, 15) is 18.0 Å². The first-order chi connectivity index (χ1) is 15.6. The van der Waals surface area contributed by atoms with Gasteiger partial charge in [-0.05, 0) is 50.6 Å². The van der Waals surface area contributed by atoms with Gasteiger partial charge in [0.25, 0.3) is 5.91 Å². The van der Waals surface area contributed by atoms with E-state index in [-0.39, 0.29) is 28.1 Å². The molecule has 1 fully saturated rings. The lowest BCUT2D eigenvalue weighted by Crippen LogP contribution is -2.40. The lowest BCUT2D eigenvalue weighted by atomic mass is 10.1. The number of carbonyl (C=O) groups excluding carboxylic acids is 2. The maximum atomic E-state index is 13.0. The van der Waals surface area contributed by atoms with Crippen molar-refractivity contribution >= 4 is 39.1 Å². The van der Waals surface area contributed by atoms with Crippen LogP contribution in [0.5, 0.6) is 0 Å². The minimum atomic E-state index is -3.63. The van der Waals surface area contributed by atoms with E-state index in [1.165, 1.54) is 0 Å². The van der Waals surface area contributed by atoms with Crippen LogP contribution in [-0.2, 0) is 14.6 Å². The van der Waals surface area contributed by atoms with Gasteiger partial charge < -0.3 is 10.6 Å². The van der Waals surface area contributed by atoms with Crippen LogP contribution in [0.2, 0.25) is 0 Å². The SMILES string of the molecule is Cc1ccccc1S(=O)(=O)c1ccc(-c2ccnc(NCCN3C(=O)NC(C)(C)C3=O)n2)s1. The average Bonchev–Trinajstić information content (AvgIpc) is 3.34. The highest BCUT2D eigenvalue weighted by molar-refractivity contribution is 7.93. The molecule has 3 heterocycles. The van der Waals surface area contributed by atoms with E-state index >= 15 is 0 Å². The standard InChI is InChI=1S/C22H23N5O4S2/c1-14-6-4-5-7-17(14)33(30,31)18-9-8-16(32-18)15-10-11-23-20(25-15)24-12-13-27-19(28)22(2,3)26-21(27)29/h4-11H,12-13H2,1-3H3,(H,26,29)(H,23,24,25). The van der Waals surface area contributed by atoms with Gasteiger partial charge in [0.05, 0.1) is 15.5 Å². The largest absolute Gasteiger partial charge is 0.352 e. The molecule has 0 spiro atoms. The fraction of sp³-hybridized carbons (Fsp3) is 0.273. The van der Waals surface area contributed by atoms with Gasteiger partial charge in [0.1, 0.15) is 9.75 Å². The first-order valence-corrected chi connectivity index (χ1v) is 12.5. The molecule has 172 valence electrons. The van der Waals surface area contributed by atoms with Crippen molar-refractivity contribution in [3.63, 3.8) is 0 Å². The average molecular weight is 486 g/mol. The van der Waals surface area contributed by atoms with Crippen LogP contribution in [0.15, 0.2) is 57.8 Å². The number of sulfone groups is 1. The number of hydrogen-bond acceptors (Lipinski definition) is 8. The summed E-state index contributed by atoms with van der Waals surface area (Å²) in [4.78, 5) is 35.0. The molecule has 0 saturated carbocycles. The zero-order chi connectivity index (χ0) is 23.8. The zero-order valence-corrected chi connectivity index (χ0v) is 20.0. The normalized spacial score (nSPS) is 15.5. The Morgan fingerprint density at radius 2 is 1.88 bits per heavy atom. The predicted molar refractivity (Wildman–Crippen MR) is 125 cm³/mol. The molecule has 0 atom stereocenters. The third kappa shape index (κ3) is 4.46. The second kappa shape index (κ2) is 8.56. The summed E-state index contributed by atoms with van der Waals surface area (Å²) in [6.07, 6.45) is 1.57. The summed E-state index contributed by atoms with van der Waals surface area (Å²) in [7, 11) is -3.63. The summed E-state index contributed by atoms with van der Waals surface area (Å²) in [6.45, 7) is 5.52. The molecule has 9 nitrogen and oxygen atoms in total. The van der Waals surface area contributed by atoms with Gasteiger partial charge in [-0.1, -0.05) is 18.2 Å². The number of hydrogen-bond donors (Lipinski definition) is 2. The van der Waals surface area contributed by atoms with Gasteiger partial charge in [0.15, 0.2) is 0 Å². The van der Waals surface area contributed by atoms with Crippen LogP contribution in [-0.4, -0.2) is 53.9 Å². The second-order valence-electron chi connectivity index (χ2n) is 8.09. The Morgan fingerprint density at radius 1 is 1.12 bits per heavy atom. The lowest BCUT2D eigenvalue weighted by Gasteiger charge is -2.16. The highest BCUT2D eigenvalue weighted by Gasteiger charge is 2.43. The van der Waals surface area contributed by atoms with E-state index < -0.39 is 21.4 Å². The van der Waals surface area contributed by atoms with Crippen LogP contribution in [0.1, 0.15) is 19.4 Å². The van der Waals surface area contributed by atoms with Crippen LogP contribution in [0, 0.1) is 6.92 Å². The Hall–Kier alpha value is -3.31. The van der Waals surface area contributed by atoms with Crippen LogP contribution in [0.4, 0.5) is 10.7 Å². The van der Waals surface area contributed by atoms with Crippen molar-refractivity contribution in [2.75, 3.05) is 18.4 Å². The highest BCUT2D eigenvalue weighted by atomic mass is 32.2. The summed E-state index contributed by atoms with van der Waals surface area (Å²) in [5, 5.41) is 5.64. The number of urea groups is 1. The van der Waals surface area contributed by atoms with Gasteiger partial charge in [-0.2, -0.15) is 0 Å². The number of carbonyl (C=O) groups is 2. The Labute approximate surface area is 195 Å². The molecule has 2 N–H and O–H groups in total. The van der Waals surface area contributed by atoms with Crippen molar-refractivity contribution in [2.45, 2.75) is 35.4 Å². The fourth-order valence-electron chi connectivity index (χ4n) is 3.45. The summed E-state index contributed by atoms with van der Waals surface area (Å²) >= 11 is 1.14. The molecule has 1 aliphatic rings. The minimum absolute atomic E-state index is 0.166. The Kier molecular flexibility index (Phi) is 5.93. The monoisotopic (exact) mass is 485 g/mol. The first-order valence-electron chi connectivity index (χ1n) is 10.2. The smallest absolute Gasteiger partial charge is 0.325 e. The molecule has 1 aliphatic heterocycles. The molecular weight excluding hydrogens is 462 g/mol. The maximum Gasteiger partial charge on any atom is 0.325 e. The molecule has 1 aromatic carbocycles. The van der Waals surface area contributed by atoms with Crippen molar-refractivity contribution in [3.05, 3.63) is 54.2 Å². The Balaban J connectivity index is 1.47. The molecular formula is C22H23N5O4S2. The molecule has 3 amide bonds. The summed E-state index contributed by atoms with van der Waals surface area (Å²) in [5.41, 5.74) is 0.345. The number of imide groups is 1. The van der Waals surface area contributed by atoms with E-state index in [0.717, 1.165) is 16.2 Å². The van der Waals surface area contributed by atoms with Crippen LogP contribution >= 0.6 is 11.3 Å². The number of amides is 3. The van der Waals surface area contributed by atoms with Gasteiger partial charge in [-0.25, -0.2) is 23.2 Å². The van der Waals surface area contributed by atoms with Crippen molar-refractivity contribution in [2.24, 2.45) is 0 Å². The van der Waals surface area contributed by atoms with E-state index in [4.69, 9.17) is 0 Å². The Bertz CT molecular complexity index is 1330. The fourth-order valence-corrected chi connectivity index (χ4v) is 6.35. The molecule has 0 unspecified atom stereocenters. The van der Waals surface area contributed by atoms with Crippen molar-refractivity contribution < 1.29 is 18.0 Å². The van der Waals surface area contributed by atoms with Crippen molar-refractivity contribution in [1.82, 2.24) is 20.2 Å².